The number of carbonyl (C=O) groups excluding carboxylic acids is 1. The monoisotopic (exact) mass is 438 g/mol. The molecule has 0 spiro atoms. The van der Waals surface area contributed by atoms with Gasteiger partial charge in [-0.2, -0.15) is 13.2 Å². The van der Waals surface area contributed by atoms with Crippen molar-refractivity contribution < 1.29 is 27.1 Å². The molecule has 2 aromatic heterocycles. The highest BCUT2D eigenvalue weighted by atomic mass is 19.4. The first kappa shape index (κ1) is 21.6. The zero-order valence-electron chi connectivity index (χ0n) is 17.6. The number of nitrogens with zero attached hydrogens (tertiary/aromatic N) is 4. The fraction of sp³-hybridized carbons (Fsp3) is 0.619. The molecule has 7 nitrogen and oxygen atoms in total. The van der Waals surface area contributed by atoms with Crippen molar-refractivity contribution in [1.82, 2.24) is 20.1 Å². The fourth-order valence-electron chi connectivity index (χ4n) is 4.63. The number of amides is 1. The van der Waals surface area contributed by atoms with Gasteiger partial charge in [-0.3, -0.25) is 4.79 Å². The van der Waals surface area contributed by atoms with Gasteiger partial charge in [-0.15, -0.1) is 10.2 Å². The first-order chi connectivity index (χ1) is 14.7. The Bertz CT molecular complexity index is 940. The van der Waals surface area contributed by atoms with Gasteiger partial charge in [0.15, 0.2) is 0 Å². The predicted octanol–water partition coefficient (Wildman–Crippen LogP) is 3.85. The zero-order chi connectivity index (χ0) is 22.4. The average Bonchev–Trinajstić information content (AvgIpc) is 3.40. The van der Waals surface area contributed by atoms with Crippen LogP contribution < -0.4 is 4.74 Å². The number of methoxy groups -OCH3 is 1. The van der Waals surface area contributed by atoms with E-state index in [1.807, 2.05) is 6.92 Å². The summed E-state index contributed by atoms with van der Waals surface area (Å²) < 4.78 is 49.9. The molecular formula is C21H25F3N4O3. The van der Waals surface area contributed by atoms with E-state index in [9.17, 15) is 18.0 Å². The summed E-state index contributed by atoms with van der Waals surface area (Å²) in [5.74, 6) is -1.23. The van der Waals surface area contributed by atoms with Crippen LogP contribution in [0.3, 0.4) is 0 Å². The fourth-order valence-corrected chi connectivity index (χ4v) is 4.63. The number of likely N-dealkylation sites (tertiary alicyclic amines) is 1. The molecule has 168 valence electrons. The number of alkyl halides is 3. The second-order valence-electron chi connectivity index (χ2n) is 8.58. The molecule has 1 saturated heterocycles. The van der Waals surface area contributed by atoms with E-state index >= 15 is 0 Å². The first-order valence-electron chi connectivity index (χ1n) is 10.4. The Hall–Kier alpha value is -2.65. The van der Waals surface area contributed by atoms with Crippen LogP contribution in [0.15, 0.2) is 22.7 Å². The van der Waals surface area contributed by atoms with Crippen molar-refractivity contribution in [3.8, 4) is 17.3 Å². The molecule has 1 aliphatic carbocycles. The molecule has 0 unspecified atom stereocenters. The molecule has 0 N–H and O–H groups in total. The van der Waals surface area contributed by atoms with Crippen molar-refractivity contribution in [2.24, 2.45) is 17.8 Å². The van der Waals surface area contributed by atoms with Gasteiger partial charge < -0.3 is 14.1 Å². The highest BCUT2D eigenvalue weighted by molar-refractivity contribution is 5.79. The summed E-state index contributed by atoms with van der Waals surface area (Å²) in [7, 11) is 1.54. The Balaban J connectivity index is 1.47. The standard InChI is InChI=1S/C21H25F3N4O3/c1-12-11-28(18(29)13(2)21(22,23)24)9-6-15(12)20(7-8-20)19-27-26-17(31-19)14-4-5-16(30-3)25-10-14/h4-5,10,12-13,15H,6-9,11H2,1-3H3/t12-,13+,15+/m1/s1. The highest BCUT2D eigenvalue weighted by Crippen LogP contribution is 2.58. The number of halogens is 3. The predicted molar refractivity (Wildman–Crippen MR) is 104 cm³/mol. The Labute approximate surface area is 178 Å². The SMILES string of the molecule is COc1ccc(-c2nnc(C3([C@H]4CCN(C(=O)[C@H](C)C(F)(F)F)C[C@H]4C)CC3)o2)cn1. The van der Waals surface area contributed by atoms with Gasteiger partial charge in [-0.25, -0.2) is 4.98 Å². The third-order valence-electron chi connectivity index (χ3n) is 6.62. The Morgan fingerprint density at radius 2 is 2.06 bits per heavy atom. The highest BCUT2D eigenvalue weighted by Gasteiger charge is 2.57. The number of hydrogen-bond acceptors (Lipinski definition) is 6. The summed E-state index contributed by atoms with van der Waals surface area (Å²) in [5.41, 5.74) is 0.417. The Morgan fingerprint density at radius 3 is 2.61 bits per heavy atom. The van der Waals surface area contributed by atoms with E-state index in [1.54, 1.807) is 18.3 Å². The van der Waals surface area contributed by atoms with Crippen LogP contribution in [0.25, 0.3) is 11.5 Å². The van der Waals surface area contributed by atoms with Crippen molar-refractivity contribution in [3.05, 3.63) is 24.2 Å². The van der Waals surface area contributed by atoms with Gasteiger partial charge in [-0.1, -0.05) is 6.92 Å². The number of ether oxygens (including phenoxy) is 1. The van der Waals surface area contributed by atoms with Crippen LogP contribution in [-0.2, 0) is 10.2 Å². The minimum Gasteiger partial charge on any atom is -0.481 e. The number of hydrogen-bond donors (Lipinski definition) is 0. The van der Waals surface area contributed by atoms with Crippen LogP contribution in [0.4, 0.5) is 13.2 Å². The van der Waals surface area contributed by atoms with E-state index in [2.05, 4.69) is 15.2 Å². The quantitative estimate of drug-likeness (QED) is 0.705. The summed E-state index contributed by atoms with van der Waals surface area (Å²) in [6.07, 6.45) is -0.538. The van der Waals surface area contributed by atoms with Crippen LogP contribution >= 0.6 is 0 Å². The first-order valence-corrected chi connectivity index (χ1v) is 10.4. The van der Waals surface area contributed by atoms with E-state index in [4.69, 9.17) is 9.15 Å². The van der Waals surface area contributed by atoms with Crippen LogP contribution in [-0.4, -0.2) is 52.4 Å². The number of pyridine rings is 1. The molecule has 10 heteroatoms. The van der Waals surface area contributed by atoms with Gasteiger partial charge in [0, 0.05) is 25.4 Å². The van der Waals surface area contributed by atoms with E-state index in [-0.39, 0.29) is 17.3 Å². The summed E-state index contributed by atoms with van der Waals surface area (Å²) in [6.45, 7) is 3.51. The minimum absolute atomic E-state index is 0.0265. The summed E-state index contributed by atoms with van der Waals surface area (Å²) >= 11 is 0. The summed E-state index contributed by atoms with van der Waals surface area (Å²) in [6, 6.07) is 3.50. The molecule has 2 fully saturated rings. The normalized spacial score (nSPS) is 24.0. The molecule has 2 aliphatic rings. The van der Waals surface area contributed by atoms with Gasteiger partial charge >= 0.3 is 6.18 Å². The van der Waals surface area contributed by atoms with Gasteiger partial charge in [0.1, 0.15) is 5.92 Å². The van der Waals surface area contributed by atoms with Crippen LogP contribution in [0.5, 0.6) is 5.88 Å². The maximum Gasteiger partial charge on any atom is 0.400 e. The molecule has 4 rings (SSSR count). The topological polar surface area (TPSA) is 81.4 Å². The van der Waals surface area contributed by atoms with Crippen molar-refractivity contribution in [2.75, 3.05) is 20.2 Å². The van der Waals surface area contributed by atoms with E-state index < -0.39 is 18.0 Å². The molecule has 3 atom stereocenters. The zero-order valence-corrected chi connectivity index (χ0v) is 17.6. The second-order valence-corrected chi connectivity index (χ2v) is 8.58. The number of carbonyl (C=O) groups is 1. The largest absolute Gasteiger partial charge is 0.481 e. The molecule has 1 amide bonds. The molecule has 0 aromatic carbocycles. The van der Waals surface area contributed by atoms with Gasteiger partial charge in [-0.05, 0) is 44.1 Å². The number of piperidine rings is 1. The maximum absolute atomic E-state index is 12.9. The molecule has 1 saturated carbocycles. The van der Waals surface area contributed by atoms with Crippen LogP contribution in [0.2, 0.25) is 0 Å². The van der Waals surface area contributed by atoms with Gasteiger partial charge in [0.2, 0.25) is 23.6 Å². The second kappa shape index (κ2) is 7.80. The summed E-state index contributed by atoms with van der Waals surface area (Å²) in [5, 5.41) is 8.46. The molecule has 0 bridgehead atoms. The lowest BCUT2D eigenvalue weighted by Crippen LogP contribution is -2.49. The molecule has 31 heavy (non-hydrogen) atoms. The van der Waals surface area contributed by atoms with Gasteiger partial charge in [0.05, 0.1) is 18.1 Å². The lowest BCUT2D eigenvalue weighted by Gasteiger charge is -2.41. The number of rotatable bonds is 5. The molecular weight excluding hydrogens is 413 g/mol. The van der Waals surface area contributed by atoms with Gasteiger partial charge in [0.25, 0.3) is 0 Å². The summed E-state index contributed by atoms with van der Waals surface area (Å²) in [4.78, 5) is 17.8. The Morgan fingerprint density at radius 1 is 1.32 bits per heavy atom. The van der Waals surface area contributed by atoms with Crippen LogP contribution in [0.1, 0.15) is 39.0 Å². The lowest BCUT2D eigenvalue weighted by molar-refractivity contribution is -0.187. The Kier molecular flexibility index (Phi) is 5.43. The van der Waals surface area contributed by atoms with Crippen molar-refractivity contribution >= 4 is 5.91 Å². The van der Waals surface area contributed by atoms with E-state index in [0.717, 1.165) is 19.8 Å². The average molecular weight is 438 g/mol. The molecule has 0 radical (unpaired) electrons. The van der Waals surface area contributed by atoms with E-state index in [1.165, 1.54) is 12.0 Å². The molecule has 3 heterocycles. The maximum atomic E-state index is 12.9. The number of aromatic nitrogens is 3. The third kappa shape index (κ3) is 3.99. The van der Waals surface area contributed by atoms with Crippen molar-refractivity contribution in [2.45, 2.75) is 44.7 Å². The van der Waals surface area contributed by atoms with E-state index in [0.29, 0.717) is 42.7 Å². The van der Waals surface area contributed by atoms with Crippen molar-refractivity contribution in [3.63, 3.8) is 0 Å². The lowest BCUT2D eigenvalue weighted by atomic mass is 9.75. The molecule has 2 aromatic rings. The van der Waals surface area contributed by atoms with Crippen molar-refractivity contribution in [1.29, 1.82) is 0 Å². The molecule has 1 aliphatic heterocycles. The smallest absolute Gasteiger partial charge is 0.400 e. The minimum atomic E-state index is -4.52. The van der Waals surface area contributed by atoms with Crippen LogP contribution in [0, 0.1) is 17.8 Å². The third-order valence-corrected chi connectivity index (χ3v) is 6.62.